The maximum atomic E-state index is 13.3. The Bertz CT molecular complexity index is 734. The number of amides is 2. The van der Waals surface area contributed by atoms with E-state index < -0.39 is 5.60 Å². The smallest absolute Gasteiger partial charge is 0.410 e. The van der Waals surface area contributed by atoms with Gasteiger partial charge in [0.2, 0.25) is 0 Å². The number of aromatic nitrogens is 1. The van der Waals surface area contributed by atoms with Crippen LogP contribution in [0.2, 0.25) is 0 Å². The molecule has 27 heavy (non-hydrogen) atoms. The molecule has 0 aromatic carbocycles. The van der Waals surface area contributed by atoms with Crippen molar-refractivity contribution in [3.8, 4) is 0 Å². The predicted molar refractivity (Wildman–Crippen MR) is 102 cm³/mol. The van der Waals surface area contributed by atoms with Crippen molar-refractivity contribution in [1.82, 2.24) is 14.8 Å². The summed E-state index contributed by atoms with van der Waals surface area (Å²) in [4.78, 5) is 35.2. The van der Waals surface area contributed by atoms with Gasteiger partial charge in [-0.25, -0.2) is 9.78 Å². The molecule has 7 heteroatoms. The average molecular weight is 372 g/mol. The molecule has 2 amide bonds. The molecule has 7 nitrogen and oxygen atoms in total. The lowest BCUT2D eigenvalue weighted by Crippen LogP contribution is -2.40. The van der Waals surface area contributed by atoms with Crippen LogP contribution in [0.15, 0.2) is 18.3 Å². The maximum Gasteiger partial charge on any atom is 0.410 e. The number of rotatable bonds is 3. The number of nitrogens with zero attached hydrogens (tertiary/aromatic N) is 4. The normalized spacial score (nSPS) is 25.9. The van der Waals surface area contributed by atoms with Crippen LogP contribution in [0.4, 0.5) is 10.6 Å². The average Bonchev–Trinajstić information content (AvgIpc) is 3.23. The minimum absolute atomic E-state index is 0.0248. The molecule has 1 spiro atoms. The number of hydrogen-bond acceptors (Lipinski definition) is 5. The molecule has 1 unspecified atom stereocenters. The van der Waals surface area contributed by atoms with Gasteiger partial charge in [-0.05, 0) is 25.0 Å². The van der Waals surface area contributed by atoms with Crippen molar-refractivity contribution in [2.24, 2.45) is 0 Å². The molecule has 3 aliphatic rings. The summed E-state index contributed by atoms with van der Waals surface area (Å²) in [7, 11) is 3.79. The molecule has 1 aromatic heterocycles. The minimum atomic E-state index is -0.556. The molecule has 1 aromatic rings. The van der Waals surface area contributed by atoms with Crippen LogP contribution in [-0.2, 0) is 4.74 Å². The first kappa shape index (κ1) is 18.1. The van der Waals surface area contributed by atoms with Crippen LogP contribution in [0.25, 0.3) is 0 Å². The Labute approximate surface area is 160 Å². The van der Waals surface area contributed by atoms with Crippen LogP contribution in [0.3, 0.4) is 0 Å². The van der Waals surface area contributed by atoms with E-state index in [1.807, 2.05) is 24.1 Å². The van der Waals surface area contributed by atoms with Crippen molar-refractivity contribution in [1.29, 1.82) is 0 Å². The molecule has 2 saturated heterocycles. The molecule has 3 heterocycles. The lowest BCUT2D eigenvalue weighted by Gasteiger charge is -2.33. The summed E-state index contributed by atoms with van der Waals surface area (Å²) >= 11 is 0. The fraction of sp³-hybridized carbons (Fsp3) is 0.650. The number of carbonyl (C=O) groups excluding carboxylic acids is 2. The summed E-state index contributed by atoms with van der Waals surface area (Å²) in [6.07, 6.45) is 8.20. The van der Waals surface area contributed by atoms with E-state index >= 15 is 0 Å². The minimum Gasteiger partial charge on any atom is -0.439 e. The maximum absolute atomic E-state index is 13.3. The van der Waals surface area contributed by atoms with Gasteiger partial charge >= 0.3 is 6.09 Å². The zero-order valence-corrected chi connectivity index (χ0v) is 16.2. The Morgan fingerprint density at radius 1 is 1.30 bits per heavy atom. The van der Waals surface area contributed by atoms with Crippen LogP contribution in [0, 0.1) is 0 Å². The van der Waals surface area contributed by atoms with E-state index in [4.69, 9.17) is 4.74 Å². The molecule has 146 valence electrons. The van der Waals surface area contributed by atoms with E-state index in [0.717, 1.165) is 18.7 Å². The first-order valence-corrected chi connectivity index (χ1v) is 9.90. The van der Waals surface area contributed by atoms with Gasteiger partial charge in [0, 0.05) is 39.3 Å². The van der Waals surface area contributed by atoms with Crippen LogP contribution in [0.5, 0.6) is 0 Å². The Morgan fingerprint density at radius 2 is 2.07 bits per heavy atom. The summed E-state index contributed by atoms with van der Waals surface area (Å²) in [5.74, 6) is 0.735. The Balaban J connectivity index is 1.52. The lowest BCUT2D eigenvalue weighted by atomic mass is 9.94. The highest BCUT2D eigenvalue weighted by Gasteiger charge is 2.49. The highest BCUT2D eigenvalue weighted by molar-refractivity contribution is 5.99. The van der Waals surface area contributed by atoms with Crippen LogP contribution >= 0.6 is 0 Å². The van der Waals surface area contributed by atoms with E-state index in [9.17, 15) is 9.59 Å². The second-order valence-electron chi connectivity index (χ2n) is 8.16. The molecule has 1 atom stereocenters. The van der Waals surface area contributed by atoms with Crippen molar-refractivity contribution >= 4 is 17.8 Å². The summed E-state index contributed by atoms with van der Waals surface area (Å²) in [6, 6.07) is 4.12. The van der Waals surface area contributed by atoms with E-state index in [-0.39, 0.29) is 12.0 Å². The standard InChI is InChI=1S/C20H28N4O3/c1-22-13-20(27-19(22)26)10-12-24(14-20)18(25)16-9-6-11-21-17(16)23(2)15-7-4-3-5-8-15/h6,9,11,15H,3-5,7-8,10,12-14H2,1-2H3. The van der Waals surface area contributed by atoms with E-state index in [1.165, 1.54) is 19.3 Å². The number of likely N-dealkylation sites (N-methyl/N-ethyl adjacent to an activating group) is 1. The molecule has 1 aliphatic carbocycles. The fourth-order valence-corrected chi connectivity index (χ4v) is 4.68. The van der Waals surface area contributed by atoms with Gasteiger partial charge in [-0.3, -0.25) is 4.79 Å². The second-order valence-corrected chi connectivity index (χ2v) is 8.16. The molecular weight excluding hydrogens is 344 g/mol. The molecule has 0 bridgehead atoms. The predicted octanol–water partition coefficient (Wildman–Crippen LogP) is 2.52. The third kappa shape index (κ3) is 3.35. The highest BCUT2D eigenvalue weighted by Crippen LogP contribution is 2.34. The third-order valence-electron chi connectivity index (χ3n) is 6.22. The van der Waals surface area contributed by atoms with Crippen molar-refractivity contribution in [3.05, 3.63) is 23.9 Å². The van der Waals surface area contributed by atoms with Crippen LogP contribution in [-0.4, -0.2) is 72.2 Å². The molecular formula is C20H28N4O3. The number of hydrogen-bond donors (Lipinski definition) is 0. The molecule has 3 fully saturated rings. The van der Waals surface area contributed by atoms with Crippen molar-refractivity contribution in [2.45, 2.75) is 50.2 Å². The summed E-state index contributed by atoms with van der Waals surface area (Å²) < 4.78 is 5.58. The summed E-state index contributed by atoms with van der Waals surface area (Å²) in [5.41, 5.74) is 0.0828. The number of ether oxygens (including phenoxy) is 1. The van der Waals surface area contributed by atoms with Gasteiger partial charge in [-0.2, -0.15) is 0 Å². The van der Waals surface area contributed by atoms with Crippen LogP contribution in [0.1, 0.15) is 48.9 Å². The van der Waals surface area contributed by atoms with Crippen molar-refractivity contribution in [3.63, 3.8) is 0 Å². The summed E-state index contributed by atoms with van der Waals surface area (Å²) in [5, 5.41) is 0. The topological polar surface area (TPSA) is 66.0 Å². The third-order valence-corrected chi connectivity index (χ3v) is 6.22. The SMILES string of the molecule is CN1CC2(CCN(C(=O)c3cccnc3N(C)C3CCCCC3)C2)OC1=O. The van der Waals surface area contributed by atoms with Crippen molar-refractivity contribution in [2.75, 3.05) is 38.6 Å². The number of anilines is 1. The van der Waals surface area contributed by atoms with Crippen LogP contribution < -0.4 is 4.90 Å². The molecule has 2 aliphatic heterocycles. The second kappa shape index (κ2) is 7.02. The Kier molecular flexibility index (Phi) is 4.70. The fourth-order valence-electron chi connectivity index (χ4n) is 4.68. The quantitative estimate of drug-likeness (QED) is 0.816. The largest absolute Gasteiger partial charge is 0.439 e. The first-order chi connectivity index (χ1) is 13.0. The zero-order valence-electron chi connectivity index (χ0n) is 16.2. The molecule has 0 N–H and O–H groups in total. The summed E-state index contributed by atoms with van der Waals surface area (Å²) in [6.45, 7) is 1.59. The molecule has 4 rings (SSSR count). The lowest BCUT2D eigenvalue weighted by molar-refractivity contribution is 0.0553. The van der Waals surface area contributed by atoms with Gasteiger partial charge in [-0.1, -0.05) is 19.3 Å². The number of pyridine rings is 1. The Morgan fingerprint density at radius 3 is 2.78 bits per heavy atom. The van der Waals surface area contributed by atoms with E-state index in [2.05, 4.69) is 9.88 Å². The number of likely N-dealkylation sites (tertiary alicyclic amines) is 1. The van der Waals surface area contributed by atoms with Gasteiger partial charge in [-0.15, -0.1) is 0 Å². The monoisotopic (exact) mass is 372 g/mol. The highest BCUT2D eigenvalue weighted by atomic mass is 16.6. The Hall–Kier alpha value is -2.31. The molecule has 1 saturated carbocycles. The first-order valence-electron chi connectivity index (χ1n) is 9.90. The number of carbonyl (C=O) groups is 2. The van der Waals surface area contributed by atoms with Gasteiger partial charge < -0.3 is 19.4 Å². The van der Waals surface area contributed by atoms with Crippen molar-refractivity contribution < 1.29 is 14.3 Å². The zero-order chi connectivity index (χ0) is 19.0. The van der Waals surface area contributed by atoms with Gasteiger partial charge in [0.1, 0.15) is 5.82 Å². The van der Waals surface area contributed by atoms with E-state index in [1.54, 1.807) is 18.1 Å². The van der Waals surface area contributed by atoms with Gasteiger partial charge in [0.05, 0.1) is 18.7 Å². The van der Waals surface area contributed by atoms with Gasteiger partial charge in [0.25, 0.3) is 5.91 Å². The van der Waals surface area contributed by atoms with Gasteiger partial charge in [0.15, 0.2) is 5.60 Å². The van der Waals surface area contributed by atoms with E-state index in [0.29, 0.717) is 37.7 Å². The molecule has 0 radical (unpaired) electrons.